The molecule has 5 nitrogen and oxygen atoms in total. The van der Waals surface area contributed by atoms with Gasteiger partial charge in [-0.05, 0) is 24.5 Å². The molecule has 1 fully saturated rings. The Morgan fingerprint density at radius 1 is 1.12 bits per heavy atom. The second-order valence-corrected chi connectivity index (χ2v) is 6.29. The molecule has 2 aromatic rings. The highest BCUT2D eigenvalue weighted by atomic mass is 16.5. The molecule has 25 heavy (non-hydrogen) atoms. The van der Waals surface area contributed by atoms with E-state index >= 15 is 0 Å². The van der Waals surface area contributed by atoms with Crippen LogP contribution in [0.5, 0.6) is 5.75 Å². The van der Waals surface area contributed by atoms with Gasteiger partial charge in [-0.15, -0.1) is 0 Å². The van der Waals surface area contributed by atoms with Crippen molar-refractivity contribution >= 4 is 11.9 Å². The van der Waals surface area contributed by atoms with Crippen molar-refractivity contribution in [3.8, 4) is 5.75 Å². The van der Waals surface area contributed by atoms with Crippen LogP contribution >= 0.6 is 0 Å². The number of carbonyl (C=O) groups excluding carboxylic acids is 1. The van der Waals surface area contributed by atoms with Gasteiger partial charge in [0.1, 0.15) is 5.75 Å². The van der Waals surface area contributed by atoms with Crippen LogP contribution in [-0.4, -0.2) is 30.6 Å². The van der Waals surface area contributed by atoms with E-state index in [-0.39, 0.29) is 12.5 Å². The average molecular weight is 339 g/mol. The highest BCUT2D eigenvalue weighted by Crippen LogP contribution is 2.51. The smallest absolute Gasteiger partial charge is 0.312 e. The van der Waals surface area contributed by atoms with Crippen LogP contribution in [0.4, 0.5) is 0 Å². The Hall–Kier alpha value is -2.82. The van der Waals surface area contributed by atoms with Gasteiger partial charge >= 0.3 is 5.97 Å². The molecule has 0 saturated heterocycles. The SMILES string of the molecule is COc1ccccc1C1(C(=O)NCC(C(=O)O)c2ccccc2)CC1. The lowest BCUT2D eigenvalue weighted by molar-refractivity contribution is -0.138. The number of ether oxygens (including phenoxy) is 1. The van der Waals surface area contributed by atoms with Gasteiger partial charge in [0.2, 0.25) is 5.91 Å². The molecular weight excluding hydrogens is 318 g/mol. The number of benzene rings is 2. The fourth-order valence-electron chi connectivity index (χ4n) is 3.18. The maximum atomic E-state index is 12.8. The van der Waals surface area contributed by atoms with Crippen LogP contribution in [0.25, 0.3) is 0 Å². The summed E-state index contributed by atoms with van der Waals surface area (Å²) in [4.78, 5) is 24.4. The van der Waals surface area contributed by atoms with Gasteiger partial charge in [-0.25, -0.2) is 0 Å². The molecule has 0 bridgehead atoms. The minimum atomic E-state index is -0.950. The average Bonchev–Trinajstić information content (AvgIpc) is 3.44. The van der Waals surface area contributed by atoms with Crippen LogP contribution in [0, 0.1) is 0 Å². The molecule has 0 heterocycles. The monoisotopic (exact) mass is 339 g/mol. The van der Waals surface area contributed by atoms with Gasteiger partial charge in [0.15, 0.2) is 0 Å². The molecule has 1 unspecified atom stereocenters. The molecule has 1 saturated carbocycles. The summed E-state index contributed by atoms with van der Waals surface area (Å²) in [5.74, 6) is -1.17. The second-order valence-electron chi connectivity index (χ2n) is 6.29. The van der Waals surface area contributed by atoms with E-state index in [0.29, 0.717) is 11.3 Å². The molecular formula is C20H21NO4. The van der Waals surface area contributed by atoms with Crippen molar-refractivity contribution in [2.75, 3.05) is 13.7 Å². The normalized spacial score (nSPS) is 15.9. The summed E-state index contributed by atoms with van der Waals surface area (Å²) in [7, 11) is 1.59. The Labute approximate surface area is 146 Å². The second kappa shape index (κ2) is 6.97. The van der Waals surface area contributed by atoms with Gasteiger partial charge in [0, 0.05) is 12.1 Å². The van der Waals surface area contributed by atoms with E-state index in [9.17, 15) is 14.7 Å². The Morgan fingerprint density at radius 2 is 1.76 bits per heavy atom. The van der Waals surface area contributed by atoms with E-state index in [4.69, 9.17) is 4.74 Å². The van der Waals surface area contributed by atoms with E-state index in [0.717, 1.165) is 18.4 Å². The third-order valence-corrected chi connectivity index (χ3v) is 4.77. The summed E-state index contributed by atoms with van der Waals surface area (Å²) in [6.07, 6.45) is 1.48. The molecule has 2 aromatic carbocycles. The molecule has 1 atom stereocenters. The zero-order valence-corrected chi connectivity index (χ0v) is 14.1. The number of hydrogen-bond donors (Lipinski definition) is 2. The van der Waals surface area contributed by atoms with E-state index in [1.807, 2.05) is 30.3 Å². The highest BCUT2D eigenvalue weighted by Gasteiger charge is 2.52. The lowest BCUT2D eigenvalue weighted by Crippen LogP contribution is -2.38. The van der Waals surface area contributed by atoms with Crippen molar-refractivity contribution in [3.63, 3.8) is 0 Å². The number of para-hydroxylation sites is 1. The summed E-state index contributed by atoms with van der Waals surface area (Å²) >= 11 is 0. The minimum absolute atomic E-state index is 0.0646. The number of carboxylic acids is 1. The van der Waals surface area contributed by atoms with E-state index in [2.05, 4.69) is 5.32 Å². The zero-order valence-electron chi connectivity index (χ0n) is 14.1. The van der Waals surface area contributed by atoms with Gasteiger partial charge in [-0.3, -0.25) is 9.59 Å². The van der Waals surface area contributed by atoms with E-state index in [1.54, 1.807) is 31.4 Å². The first-order valence-electron chi connectivity index (χ1n) is 8.28. The minimum Gasteiger partial charge on any atom is -0.496 e. The fraction of sp³-hybridized carbons (Fsp3) is 0.300. The van der Waals surface area contributed by atoms with Crippen molar-refractivity contribution in [1.29, 1.82) is 0 Å². The molecule has 0 aromatic heterocycles. The molecule has 1 aliphatic carbocycles. The molecule has 1 amide bonds. The number of carbonyl (C=O) groups is 2. The first kappa shape index (κ1) is 17.0. The number of amides is 1. The van der Waals surface area contributed by atoms with Gasteiger partial charge in [0.25, 0.3) is 0 Å². The number of rotatable bonds is 7. The number of methoxy groups -OCH3 is 1. The van der Waals surface area contributed by atoms with Crippen molar-refractivity contribution in [3.05, 3.63) is 65.7 Å². The Morgan fingerprint density at radius 3 is 2.36 bits per heavy atom. The molecule has 0 radical (unpaired) electrons. The van der Waals surface area contributed by atoms with Gasteiger partial charge in [-0.2, -0.15) is 0 Å². The van der Waals surface area contributed by atoms with E-state index < -0.39 is 17.3 Å². The van der Waals surface area contributed by atoms with Gasteiger partial charge in [0.05, 0.1) is 18.4 Å². The predicted molar refractivity (Wildman–Crippen MR) is 93.7 cm³/mol. The molecule has 0 aliphatic heterocycles. The molecule has 2 N–H and O–H groups in total. The summed E-state index contributed by atoms with van der Waals surface area (Å²) < 4.78 is 5.38. The summed E-state index contributed by atoms with van der Waals surface area (Å²) in [5.41, 5.74) is 0.936. The Balaban J connectivity index is 1.75. The Kier molecular flexibility index (Phi) is 4.74. The third kappa shape index (κ3) is 3.36. The van der Waals surface area contributed by atoms with Crippen molar-refractivity contribution in [2.24, 2.45) is 0 Å². The van der Waals surface area contributed by atoms with Crippen molar-refractivity contribution in [2.45, 2.75) is 24.2 Å². The molecule has 1 aliphatic rings. The van der Waals surface area contributed by atoms with Crippen molar-refractivity contribution < 1.29 is 19.4 Å². The quantitative estimate of drug-likeness (QED) is 0.813. The van der Waals surface area contributed by atoms with Crippen LogP contribution in [0.3, 0.4) is 0 Å². The molecule has 130 valence electrons. The van der Waals surface area contributed by atoms with Crippen LogP contribution in [0.2, 0.25) is 0 Å². The number of nitrogens with one attached hydrogen (secondary N) is 1. The topological polar surface area (TPSA) is 75.6 Å². The molecule has 3 rings (SSSR count). The summed E-state index contributed by atoms with van der Waals surface area (Å²) in [6.45, 7) is 0.0646. The fourth-order valence-corrected chi connectivity index (χ4v) is 3.18. The van der Waals surface area contributed by atoms with E-state index in [1.165, 1.54) is 0 Å². The molecule has 0 spiro atoms. The first-order valence-corrected chi connectivity index (χ1v) is 8.28. The van der Waals surface area contributed by atoms with Crippen LogP contribution < -0.4 is 10.1 Å². The van der Waals surface area contributed by atoms with Gasteiger partial charge < -0.3 is 15.2 Å². The largest absolute Gasteiger partial charge is 0.496 e. The first-order chi connectivity index (χ1) is 12.1. The van der Waals surface area contributed by atoms with Crippen molar-refractivity contribution in [1.82, 2.24) is 5.32 Å². The number of carboxylic acid groups (broad SMARTS) is 1. The lowest BCUT2D eigenvalue weighted by Gasteiger charge is -2.20. The summed E-state index contributed by atoms with van der Waals surface area (Å²) in [5, 5.41) is 12.3. The number of aliphatic carboxylic acids is 1. The molecule has 5 heteroatoms. The van der Waals surface area contributed by atoms with Crippen LogP contribution in [-0.2, 0) is 15.0 Å². The standard InChI is InChI=1S/C20H21NO4/c1-25-17-10-6-5-9-16(17)20(11-12-20)19(24)21-13-15(18(22)23)14-7-3-2-4-8-14/h2-10,15H,11-13H2,1H3,(H,21,24)(H,22,23). The number of hydrogen-bond acceptors (Lipinski definition) is 3. The Bertz CT molecular complexity index is 768. The van der Waals surface area contributed by atoms with Gasteiger partial charge in [-0.1, -0.05) is 48.5 Å². The highest BCUT2D eigenvalue weighted by molar-refractivity contribution is 5.92. The zero-order chi connectivity index (χ0) is 17.9. The summed E-state index contributed by atoms with van der Waals surface area (Å²) in [6, 6.07) is 16.4. The lowest BCUT2D eigenvalue weighted by atomic mass is 9.93. The predicted octanol–water partition coefficient (Wildman–Crippen LogP) is 2.71. The third-order valence-electron chi connectivity index (χ3n) is 4.77. The van der Waals surface area contributed by atoms with Crippen LogP contribution in [0.15, 0.2) is 54.6 Å². The maximum absolute atomic E-state index is 12.8. The van der Waals surface area contributed by atoms with Crippen LogP contribution in [0.1, 0.15) is 29.9 Å². The maximum Gasteiger partial charge on any atom is 0.312 e.